The Morgan fingerprint density at radius 1 is 0.939 bits per heavy atom. The van der Waals surface area contributed by atoms with E-state index in [1.807, 2.05) is 31.2 Å². The van der Waals surface area contributed by atoms with E-state index in [0.717, 1.165) is 11.3 Å². The summed E-state index contributed by atoms with van der Waals surface area (Å²) in [5, 5.41) is 6.79. The summed E-state index contributed by atoms with van der Waals surface area (Å²) in [7, 11) is 3.06. The highest BCUT2D eigenvalue weighted by atomic mass is 16.5. The lowest BCUT2D eigenvalue weighted by Gasteiger charge is -2.12. The van der Waals surface area contributed by atoms with Crippen LogP contribution in [-0.2, 0) is 4.79 Å². The highest BCUT2D eigenvalue weighted by molar-refractivity contribution is 5.95. The largest absolute Gasteiger partial charge is 0.497 e. The number of benzene rings is 3. The number of rotatable bonds is 9. The van der Waals surface area contributed by atoms with Crippen LogP contribution in [0, 0.1) is 6.92 Å². The molecule has 3 rings (SSSR count). The van der Waals surface area contributed by atoms with Gasteiger partial charge in [-0.3, -0.25) is 9.59 Å². The Kier molecular flexibility index (Phi) is 8.02. The molecule has 0 aliphatic carbocycles. The van der Waals surface area contributed by atoms with Crippen molar-refractivity contribution in [2.24, 2.45) is 5.10 Å². The zero-order valence-electron chi connectivity index (χ0n) is 18.6. The Morgan fingerprint density at radius 3 is 2.39 bits per heavy atom. The maximum absolute atomic E-state index is 12.2. The first-order valence-electron chi connectivity index (χ1n) is 10.1. The summed E-state index contributed by atoms with van der Waals surface area (Å²) in [5.74, 6) is 0.886. The molecule has 2 amide bonds. The van der Waals surface area contributed by atoms with Crippen molar-refractivity contribution < 1.29 is 23.8 Å². The molecule has 170 valence electrons. The van der Waals surface area contributed by atoms with Gasteiger partial charge in [0.2, 0.25) is 0 Å². The molecule has 3 aromatic rings. The number of aryl methyl sites for hydroxylation is 1. The van der Waals surface area contributed by atoms with E-state index in [1.165, 1.54) is 13.3 Å². The van der Waals surface area contributed by atoms with Gasteiger partial charge in [-0.15, -0.1) is 0 Å². The summed E-state index contributed by atoms with van der Waals surface area (Å²) in [6.45, 7) is 1.75. The minimum absolute atomic E-state index is 0.171. The first-order valence-corrected chi connectivity index (χ1v) is 10.1. The van der Waals surface area contributed by atoms with Crippen LogP contribution >= 0.6 is 0 Å². The predicted octanol–water partition coefficient (Wildman–Crippen LogP) is 3.79. The second-order valence-corrected chi connectivity index (χ2v) is 6.99. The molecule has 8 heteroatoms. The van der Waals surface area contributed by atoms with Gasteiger partial charge in [-0.05, 0) is 66.6 Å². The lowest BCUT2D eigenvalue weighted by molar-refractivity contribution is -0.118. The molecule has 0 unspecified atom stereocenters. The number of hydrogen-bond donors (Lipinski definition) is 2. The van der Waals surface area contributed by atoms with Crippen LogP contribution in [0.1, 0.15) is 21.5 Å². The molecule has 0 atom stereocenters. The average molecular weight is 447 g/mol. The molecule has 0 aromatic heterocycles. The number of nitrogens with zero attached hydrogens (tertiary/aromatic N) is 1. The quantitative estimate of drug-likeness (QED) is 0.384. The van der Waals surface area contributed by atoms with Gasteiger partial charge in [0.05, 0.1) is 20.4 Å². The van der Waals surface area contributed by atoms with Gasteiger partial charge in [-0.25, -0.2) is 5.43 Å². The van der Waals surface area contributed by atoms with E-state index < -0.39 is 0 Å². The molecule has 0 heterocycles. The van der Waals surface area contributed by atoms with Crippen molar-refractivity contribution in [3.8, 4) is 17.2 Å². The summed E-state index contributed by atoms with van der Waals surface area (Å²) in [6.07, 6.45) is 1.48. The van der Waals surface area contributed by atoms with Crippen LogP contribution in [0.2, 0.25) is 0 Å². The zero-order chi connectivity index (χ0) is 23.6. The average Bonchev–Trinajstić information content (AvgIpc) is 2.84. The monoisotopic (exact) mass is 447 g/mol. The summed E-state index contributed by atoms with van der Waals surface area (Å²) < 4.78 is 16.0. The molecule has 8 nitrogen and oxygen atoms in total. The van der Waals surface area contributed by atoms with E-state index >= 15 is 0 Å². The standard InChI is InChI=1S/C25H25N3O5/c1-17-6-4-5-7-21(17)27-24(29)16-33-22-13-8-18(14-23(22)32-3)15-26-28-25(30)19-9-11-20(31-2)12-10-19/h4-15H,16H2,1-3H3,(H,27,29)(H,28,30)/b26-15+. The van der Waals surface area contributed by atoms with Crippen LogP contribution in [0.3, 0.4) is 0 Å². The fourth-order valence-electron chi connectivity index (χ4n) is 2.90. The number of amides is 2. The second-order valence-electron chi connectivity index (χ2n) is 6.99. The molecular weight excluding hydrogens is 422 g/mol. The van der Waals surface area contributed by atoms with Gasteiger partial charge >= 0.3 is 0 Å². The van der Waals surface area contributed by atoms with Crippen molar-refractivity contribution in [3.05, 3.63) is 83.4 Å². The van der Waals surface area contributed by atoms with Crippen LogP contribution < -0.4 is 25.0 Å². The Balaban J connectivity index is 1.56. The molecule has 33 heavy (non-hydrogen) atoms. The minimum atomic E-state index is -0.347. The number of anilines is 1. The lowest BCUT2D eigenvalue weighted by atomic mass is 10.2. The predicted molar refractivity (Wildman–Crippen MR) is 126 cm³/mol. The maximum atomic E-state index is 12.2. The van der Waals surface area contributed by atoms with E-state index in [1.54, 1.807) is 49.6 Å². The number of nitrogens with one attached hydrogen (secondary N) is 2. The molecule has 0 bridgehead atoms. The number of carbonyl (C=O) groups excluding carboxylic acids is 2. The first kappa shape index (κ1) is 23.3. The Bertz CT molecular complexity index is 1140. The van der Waals surface area contributed by atoms with E-state index in [4.69, 9.17) is 14.2 Å². The highest BCUT2D eigenvalue weighted by Crippen LogP contribution is 2.27. The van der Waals surface area contributed by atoms with Gasteiger partial charge in [-0.2, -0.15) is 5.10 Å². The molecule has 0 spiro atoms. The van der Waals surface area contributed by atoms with Crippen LogP contribution in [0.4, 0.5) is 5.69 Å². The number of hydrazone groups is 1. The van der Waals surface area contributed by atoms with Crippen molar-refractivity contribution in [2.45, 2.75) is 6.92 Å². The third-order valence-corrected chi connectivity index (χ3v) is 4.70. The van der Waals surface area contributed by atoms with Crippen molar-refractivity contribution in [1.82, 2.24) is 5.43 Å². The van der Waals surface area contributed by atoms with Crippen LogP contribution in [0.15, 0.2) is 71.8 Å². The summed E-state index contributed by atoms with van der Waals surface area (Å²) in [5.41, 5.74) is 5.31. The normalized spacial score (nSPS) is 10.5. The van der Waals surface area contributed by atoms with E-state index in [0.29, 0.717) is 28.4 Å². The van der Waals surface area contributed by atoms with Gasteiger partial charge in [0.15, 0.2) is 18.1 Å². The SMILES string of the molecule is COc1ccc(C(=O)N/N=C/c2ccc(OCC(=O)Nc3ccccc3C)c(OC)c2)cc1. The lowest BCUT2D eigenvalue weighted by Crippen LogP contribution is -2.20. The first-order chi connectivity index (χ1) is 16.0. The number of methoxy groups -OCH3 is 2. The van der Waals surface area contributed by atoms with E-state index in [-0.39, 0.29) is 18.4 Å². The molecule has 3 aromatic carbocycles. The van der Waals surface area contributed by atoms with Gasteiger partial charge in [0.25, 0.3) is 11.8 Å². The van der Waals surface area contributed by atoms with E-state index in [9.17, 15) is 9.59 Å². The number of ether oxygens (including phenoxy) is 3. The van der Waals surface area contributed by atoms with Crippen LogP contribution in [-0.4, -0.2) is 38.9 Å². The molecule has 0 aliphatic heterocycles. The Morgan fingerprint density at radius 2 is 1.70 bits per heavy atom. The molecule has 0 fully saturated rings. The number of hydrogen-bond acceptors (Lipinski definition) is 6. The summed E-state index contributed by atoms with van der Waals surface area (Å²) in [4.78, 5) is 24.4. The summed E-state index contributed by atoms with van der Waals surface area (Å²) >= 11 is 0. The minimum Gasteiger partial charge on any atom is -0.497 e. The fraction of sp³-hybridized carbons (Fsp3) is 0.160. The van der Waals surface area contributed by atoms with E-state index in [2.05, 4.69) is 15.8 Å². The molecule has 2 N–H and O–H groups in total. The zero-order valence-corrected chi connectivity index (χ0v) is 18.6. The number of para-hydroxylation sites is 1. The number of carbonyl (C=O) groups is 2. The van der Waals surface area contributed by atoms with Gasteiger partial charge in [0, 0.05) is 11.3 Å². The maximum Gasteiger partial charge on any atom is 0.271 e. The topological polar surface area (TPSA) is 98.3 Å². The Labute approximate surface area is 192 Å². The van der Waals surface area contributed by atoms with Gasteiger partial charge < -0.3 is 19.5 Å². The van der Waals surface area contributed by atoms with Gasteiger partial charge in [-0.1, -0.05) is 18.2 Å². The van der Waals surface area contributed by atoms with Crippen molar-refractivity contribution >= 4 is 23.7 Å². The van der Waals surface area contributed by atoms with Crippen molar-refractivity contribution in [2.75, 3.05) is 26.1 Å². The summed E-state index contributed by atoms with van der Waals surface area (Å²) in [6, 6.07) is 19.3. The van der Waals surface area contributed by atoms with Crippen LogP contribution in [0.25, 0.3) is 0 Å². The fourth-order valence-corrected chi connectivity index (χ4v) is 2.90. The third-order valence-electron chi connectivity index (χ3n) is 4.70. The molecule has 0 saturated carbocycles. The highest BCUT2D eigenvalue weighted by Gasteiger charge is 2.10. The van der Waals surface area contributed by atoms with Crippen LogP contribution in [0.5, 0.6) is 17.2 Å². The van der Waals surface area contributed by atoms with Crippen molar-refractivity contribution in [3.63, 3.8) is 0 Å². The van der Waals surface area contributed by atoms with Gasteiger partial charge in [0.1, 0.15) is 5.75 Å². The Hall–Kier alpha value is -4.33. The second kappa shape index (κ2) is 11.3. The molecule has 0 aliphatic rings. The molecule has 0 radical (unpaired) electrons. The van der Waals surface area contributed by atoms with Crippen molar-refractivity contribution in [1.29, 1.82) is 0 Å². The smallest absolute Gasteiger partial charge is 0.271 e. The molecular formula is C25H25N3O5. The third kappa shape index (κ3) is 6.57. The molecule has 0 saturated heterocycles.